The van der Waals surface area contributed by atoms with Crippen LogP contribution in [-0.2, 0) is 11.2 Å². The minimum atomic E-state index is -1.19. The molecule has 1 rings (SSSR count). The fourth-order valence-electron chi connectivity index (χ4n) is 0.855. The van der Waals surface area contributed by atoms with E-state index in [-0.39, 0.29) is 6.42 Å². The van der Waals surface area contributed by atoms with Gasteiger partial charge in [0.2, 0.25) is 0 Å². The number of hydroxylamine groups is 1. The van der Waals surface area contributed by atoms with E-state index in [9.17, 15) is 4.79 Å². The van der Waals surface area contributed by atoms with Crippen LogP contribution in [-0.4, -0.2) is 37.2 Å². The lowest BCUT2D eigenvalue weighted by molar-refractivity contribution is -0.142. The van der Waals surface area contributed by atoms with Crippen LogP contribution >= 0.6 is 0 Å². The largest absolute Gasteiger partial charge is 0.480 e. The van der Waals surface area contributed by atoms with E-state index in [4.69, 9.17) is 15.5 Å². The van der Waals surface area contributed by atoms with Crippen molar-refractivity contribution in [2.24, 2.45) is 0 Å². The average molecular weight is 187 g/mol. The molecule has 0 aliphatic heterocycles. The van der Waals surface area contributed by atoms with Gasteiger partial charge in [0.25, 0.3) is 0 Å². The molecule has 0 saturated heterocycles. The molecule has 7 heteroatoms. The molecule has 0 radical (unpaired) electrons. The predicted octanol–water partition coefficient (Wildman–Crippen LogP) is -0.905. The summed E-state index contributed by atoms with van der Waals surface area (Å²) in [5, 5.41) is 25.8. The molecule has 0 fully saturated rings. The number of hydrogen-bond donors (Lipinski definition) is 4. The van der Waals surface area contributed by atoms with E-state index in [2.05, 4.69) is 4.98 Å². The SMILES string of the molecule is O=C(O)C(Cc1cn(O)cn1)NO. The number of imidazole rings is 1. The Labute approximate surface area is 73.2 Å². The van der Waals surface area contributed by atoms with Gasteiger partial charge in [0, 0.05) is 6.42 Å². The summed E-state index contributed by atoms with van der Waals surface area (Å²) in [5.41, 5.74) is 2.00. The van der Waals surface area contributed by atoms with Crippen LogP contribution in [0.4, 0.5) is 0 Å². The van der Waals surface area contributed by atoms with Crippen molar-refractivity contribution >= 4 is 5.97 Å². The summed E-state index contributed by atoms with van der Waals surface area (Å²) in [4.78, 5) is 14.1. The Bertz CT molecular complexity index is 298. The number of nitrogens with zero attached hydrogens (tertiary/aromatic N) is 2. The molecule has 13 heavy (non-hydrogen) atoms. The summed E-state index contributed by atoms with van der Waals surface area (Å²) in [6.45, 7) is 0. The topological polar surface area (TPSA) is 108 Å². The zero-order chi connectivity index (χ0) is 9.84. The fraction of sp³-hybridized carbons (Fsp3) is 0.333. The summed E-state index contributed by atoms with van der Waals surface area (Å²) in [6, 6.07) is -1.12. The molecular weight excluding hydrogens is 178 g/mol. The van der Waals surface area contributed by atoms with E-state index >= 15 is 0 Å². The molecule has 0 spiro atoms. The van der Waals surface area contributed by atoms with Gasteiger partial charge in [-0.3, -0.25) is 4.79 Å². The molecule has 72 valence electrons. The molecular formula is C6H9N3O4. The number of rotatable bonds is 4. The first kappa shape index (κ1) is 9.49. The van der Waals surface area contributed by atoms with Crippen molar-refractivity contribution in [1.82, 2.24) is 15.2 Å². The minimum Gasteiger partial charge on any atom is -0.480 e. The number of nitrogens with one attached hydrogen (secondary N) is 1. The van der Waals surface area contributed by atoms with Gasteiger partial charge in [0.15, 0.2) is 0 Å². The quantitative estimate of drug-likeness (QED) is 0.359. The second kappa shape index (κ2) is 3.87. The monoisotopic (exact) mass is 187 g/mol. The van der Waals surface area contributed by atoms with Gasteiger partial charge in [0.05, 0.1) is 11.9 Å². The molecule has 1 aromatic rings. The van der Waals surface area contributed by atoms with Crippen molar-refractivity contribution in [2.45, 2.75) is 12.5 Å². The van der Waals surface area contributed by atoms with Crippen molar-refractivity contribution in [1.29, 1.82) is 0 Å². The summed E-state index contributed by atoms with van der Waals surface area (Å²) in [5.74, 6) is -1.19. The maximum atomic E-state index is 10.4. The van der Waals surface area contributed by atoms with Gasteiger partial charge in [-0.1, -0.05) is 0 Å². The predicted molar refractivity (Wildman–Crippen MR) is 39.5 cm³/mol. The van der Waals surface area contributed by atoms with Gasteiger partial charge < -0.3 is 15.5 Å². The summed E-state index contributed by atoms with van der Waals surface area (Å²) < 4.78 is 0.714. The molecule has 1 aromatic heterocycles. The number of carboxylic acids is 1. The van der Waals surface area contributed by atoms with E-state index in [1.54, 1.807) is 5.48 Å². The standard InChI is InChI=1S/C6H9N3O4/c10-6(11)5(8-12)1-4-2-9(13)3-7-4/h2-3,5,8,12-13H,1H2,(H,10,11). The number of carbonyl (C=O) groups is 1. The van der Waals surface area contributed by atoms with E-state index in [1.807, 2.05) is 0 Å². The van der Waals surface area contributed by atoms with Gasteiger partial charge >= 0.3 is 5.97 Å². The first-order chi connectivity index (χ1) is 6.13. The van der Waals surface area contributed by atoms with E-state index in [0.29, 0.717) is 10.4 Å². The van der Waals surface area contributed by atoms with Crippen LogP contribution in [0.1, 0.15) is 5.69 Å². The number of carboxylic acid groups (broad SMARTS) is 1. The summed E-state index contributed by atoms with van der Waals surface area (Å²) in [6.07, 6.45) is 2.39. The van der Waals surface area contributed by atoms with Crippen LogP contribution in [0.5, 0.6) is 0 Å². The zero-order valence-electron chi connectivity index (χ0n) is 6.58. The van der Waals surface area contributed by atoms with Crippen molar-refractivity contribution in [2.75, 3.05) is 0 Å². The second-order valence-corrected chi connectivity index (χ2v) is 2.47. The Morgan fingerprint density at radius 2 is 2.46 bits per heavy atom. The molecule has 0 aliphatic rings. The smallest absolute Gasteiger partial charge is 0.323 e. The Hall–Kier alpha value is -1.60. The van der Waals surface area contributed by atoms with Crippen LogP contribution in [0.15, 0.2) is 12.5 Å². The number of aromatic nitrogens is 2. The molecule has 1 heterocycles. The van der Waals surface area contributed by atoms with Gasteiger partial charge in [0.1, 0.15) is 12.4 Å². The van der Waals surface area contributed by atoms with Crippen molar-refractivity contribution in [3.05, 3.63) is 18.2 Å². The van der Waals surface area contributed by atoms with E-state index in [1.165, 1.54) is 6.20 Å². The van der Waals surface area contributed by atoms with E-state index in [0.717, 1.165) is 6.33 Å². The summed E-state index contributed by atoms with van der Waals surface area (Å²) in [7, 11) is 0. The van der Waals surface area contributed by atoms with Gasteiger partial charge in [-0.15, -0.1) is 0 Å². The number of hydrogen-bond acceptors (Lipinski definition) is 5. The lowest BCUT2D eigenvalue weighted by Crippen LogP contribution is -2.36. The van der Waals surface area contributed by atoms with Gasteiger partial charge in [-0.2, -0.15) is 10.2 Å². The van der Waals surface area contributed by atoms with Crippen molar-refractivity contribution < 1.29 is 20.3 Å². The Kier molecular flexibility index (Phi) is 2.83. The van der Waals surface area contributed by atoms with Crippen LogP contribution in [0.2, 0.25) is 0 Å². The molecule has 0 aliphatic carbocycles. The molecule has 0 saturated carbocycles. The van der Waals surface area contributed by atoms with Crippen LogP contribution in [0.25, 0.3) is 0 Å². The third-order valence-corrected chi connectivity index (χ3v) is 1.49. The maximum absolute atomic E-state index is 10.4. The Balaban J connectivity index is 2.61. The first-order valence-corrected chi connectivity index (χ1v) is 3.48. The van der Waals surface area contributed by atoms with Crippen molar-refractivity contribution in [3.8, 4) is 0 Å². The average Bonchev–Trinajstić information content (AvgIpc) is 2.46. The molecule has 0 amide bonds. The third-order valence-electron chi connectivity index (χ3n) is 1.49. The van der Waals surface area contributed by atoms with Crippen molar-refractivity contribution in [3.63, 3.8) is 0 Å². The lowest BCUT2D eigenvalue weighted by Gasteiger charge is -2.06. The van der Waals surface area contributed by atoms with Crippen LogP contribution in [0, 0.1) is 0 Å². The Morgan fingerprint density at radius 1 is 1.77 bits per heavy atom. The molecule has 0 bridgehead atoms. The normalized spacial score (nSPS) is 12.7. The molecule has 4 N–H and O–H groups in total. The highest BCUT2D eigenvalue weighted by atomic mass is 16.5. The maximum Gasteiger partial charge on any atom is 0.323 e. The van der Waals surface area contributed by atoms with Gasteiger partial charge in [-0.25, -0.2) is 4.98 Å². The third kappa shape index (κ3) is 2.42. The van der Waals surface area contributed by atoms with E-state index < -0.39 is 12.0 Å². The first-order valence-electron chi connectivity index (χ1n) is 3.48. The van der Waals surface area contributed by atoms with Gasteiger partial charge in [-0.05, 0) is 0 Å². The molecule has 1 atom stereocenters. The highest BCUT2D eigenvalue weighted by Crippen LogP contribution is 1.99. The number of aliphatic carboxylic acids is 1. The fourth-order valence-corrected chi connectivity index (χ4v) is 0.855. The Morgan fingerprint density at radius 3 is 2.85 bits per heavy atom. The lowest BCUT2D eigenvalue weighted by atomic mass is 10.2. The highest BCUT2D eigenvalue weighted by Gasteiger charge is 2.17. The van der Waals surface area contributed by atoms with Crippen LogP contribution < -0.4 is 5.48 Å². The highest BCUT2D eigenvalue weighted by molar-refractivity contribution is 5.73. The van der Waals surface area contributed by atoms with Crippen LogP contribution in [0.3, 0.4) is 0 Å². The summed E-state index contributed by atoms with van der Waals surface area (Å²) >= 11 is 0. The molecule has 0 aromatic carbocycles. The second-order valence-electron chi connectivity index (χ2n) is 2.47. The zero-order valence-corrected chi connectivity index (χ0v) is 6.58. The minimum absolute atomic E-state index is 0.000602. The molecule has 7 nitrogen and oxygen atoms in total. The molecule has 1 unspecified atom stereocenters.